The number of halogens is 2. The molecular formula is C28H26F2N4O4. The van der Waals surface area contributed by atoms with Gasteiger partial charge in [-0.1, -0.05) is 24.6 Å². The first-order valence-electron chi connectivity index (χ1n) is 12.4. The van der Waals surface area contributed by atoms with E-state index in [-0.39, 0.29) is 34.1 Å². The predicted molar refractivity (Wildman–Crippen MR) is 135 cm³/mol. The monoisotopic (exact) mass is 520 g/mol. The minimum Gasteiger partial charge on any atom is -0.350 e. The molecule has 2 amide bonds. The van der Waals surface area contributed by atoms with E-state index in [1.807, 2.05) is 0 Å². The van der Waals surface area contributed by atoms with Gasteiger partial charge < -0.3 is 10.2 Å². The summed E-state index contributed by atoms with van der Waals surface area (Å²) in [6.45, 7) is 2.74. The van der Waals surface area contributed by atoms with Gasteiger partial charge in [-0.3, -0.25) is 19.7 Å². The minimum atomic E-state index is -0.643. The number of pyridine rings is 1. The SMILES string of the molecule is Cc1cc(C(=O)NC[C@@]23CCC[C@H]2CN(C(=O)c2ccc(-c4ccc(F)cc4)cc2F)C3)ncc1[N+](=O)[O-]. The van der Waals surface area contributed by atoms with Crippen molar-refractivity contribution in [1.82, 2.24) is 15.2 Å². The summed E-state index contributed by atoms with van der Waals surface area (Å²) in [6.07, 6.45) is 3.77. The number of carbonyl (C=O) groups is 2. The molecule has 0 unspecified atom stereocenters. The molecule has 2 fully saturated rings. The van der Waals surface area contributed by atoms with Crippen molar-refractivity contribution in [1.29, 1.82) is 0 Å². The molecular weight excluding hydrogens is 494 g/mol. The third kappa shape index (κ3) is 4.73. The van der Waals surface area contributed by atoms with E-state index < -0.39 is 22.6 Å². The van der Waals surface area contributed by atoms with Crippen LogP contribution in [-0.4, -0.2) is 46.3 Å². The number of carbonyl (C=O) groups excluding carboxylic acids is 2. The average molecular weight is 521 g/mol. The highest BCUT2D eigenvalue weighted by atomic mass is 19.1. The Labute approximate surface area is 217 Å². The zero-order chi connectivity index (χ0) is 27.0. The van der Waals surface area contributed by atoms with E-state index in [4.69, 9.17) is 0 Å². The number of hydrogen-bond acceptors (Lipinski definition) is 5. The maximum atomic E-state index is 15.0. The van der Waals surface area contributed by atoms with Crippen LogP contribution in [0.2, 0.25) is 0 Å². The molecule has 2 aromatic carbocycles. The number of nitrogens with one attached hydrogen (secondary N) is 1. The molecule has 0 bridgehead atoms. The maximum absolute atomic E-state index is 15.0. The Kier molecular flexibility index (Phi) is 6.64. The fraction of sp³-hybridized carbons (Fsp3) is 0.321. The number of nitro groups is 1. The summed E-state index contributed by atoms with van der Waals surface area (Å²) in [5.74, 6) is -1.70. The molecule has 2 atom stereocenters. The molecule has 1 aromatic heterocycles. The number of rotatable bonds is 6. The lowest BCUT2D eigenvalue weighted by molar-refractivity contribution is -0.385. The van der Waals surface area contributed by atoms with E-state index in [1.54, 1.807) is 30.0 Å². The van der Waals surface area contributed by atoms with Crippen LogP contribution in [0.4, 0.5) is 14.5 Å². The summed E-state index contributed by atoms with van der Waals surface area (Å²) in [7, 11) is 0. The summed E-state index contributed by atoms with van der Waals surface area (Å²) in [5, 5.41) is 13.9. The van der Waals surface area contributed by atoms with Crippen LogP contribution < -0.4 is 5.32 Å². The van der Waals surface area contributed by atoms with Crippen molar-refractivity contribution in [2.24, 2.45) is 11.3 Å². The van der Waals surface area contributed by atoms with Crippen LogP contribution in [-0.2, 0) is 0 Å². The van der Waals surface area contributed by atoms with Gasteiger partial charge in [-0.05, 0) is 67.1 Å². The quantitative estimate of drug-likeness (QED) is 0.367. The Morgan fingerprint density at radius 2 is 1.89 bits per heavy atom. The van der Waals surface area contributed by atoms with Crippen molar-refractivity contribution in [2.75, 3.05) is 19.6 Å². The van der Waals surface area contributed by atoms with Crippen molar-refractivity contribution in [3.05, 3.63) is 93.3 Å². The first-order valence-corrected chi connectivity index (χ1v) is 12.4. The van der Waals surface area contributed by atoms with E-state index in [9.17, 15) is 24.1 Å². The second-order valence-electron chi connectivity index (χ2n) is 10.1. The fourth-order valence-electron chi connectivity index (χ4n) is 5.75. The lowest BCUT2D eigenvalue weighted by atomic mass is 9.80. The highest BCUT2D eigenvalue weighted by Gasteiger charge is 2.50. The van der Waals surface area contributed by atoms with Crippen molar-refractivity contribution in [3.63, 3.8) is 0 Å². The Morgan fingerprint density at radius 3 is 2.58 bits per heavy atom. The topological polar surface area (TPSA) is 105 Å². The summed E-state index contributed by atoms with van der Waals surface area (Å²) in [6, 6.07) is 11.5. The second-order valence-corrected chi connectivity index (χ2v) is 10.1. The van der Waals surface area contributed by atoms with Gasteiger partial charge in [-0.2, -0.15) is 0 Å². The maximum Gasteiger partial charge on any atom is 0.290 e. The van der Waals surface area contributed by atoms with E-state index in [1.165, 1.54) is 30.3 Å². The number of aryl methyl sites for hydroxylation is 1. The second kappa shape index (κ2) is 9.92. The largest absolute Gasteiger partial charge is 0.350 e. The molecule has 8 nitrogen and oxygen atoms in total. The molecule has 2 heterocycles. The number of fused-ring (bicyclic) bond motifs is 1. The van der Waals surface area contributed by atoms with Crippen LogP contribution in [0.3, 0.4) is 0 Å². The fourth-order valence-corrected chi connectivity index (χ4v) is 5.75. The predicted octanol–water partition coefficient (Wildman–Crippen LogP) is 4.92. The Hall–Kier alpha value is -4.21. The average Bonchev–Trinajstić information content (AvgIpc) is 3.45. The van der Waals surface area contributed by atoms with Gasteiger partial charge in [0.05, 0.1) is 10.5 Å². The van der Waals surface area contributed by atoms with Crippen molar-refractivity contribution < 1.29 is 23.3 Å². The molecule has 1 N–H and O–H groups in total. The normalized spacial score (nSPS) is 20.3. The minimum absolute atomic E-state index is 0.0272. The molecule has 1 aliphatic carbocycles. The molecule has 0 radical (unpaired) electrons. The van der Waals surface area contributed by atoms with Gasteiger partial charge in [0.15, 0.2) is 0 Å². The smallest absolute Gasteiger partial charge is 0.290 e. The summed E-state index contributed by atoms with van der Waals surface area (Å²) in [4.78, 5) is 42.1. The molecule has 0 spiro atoms. The number of amides is 2. The zero-order valence-corrected chi connectivity index (χ0v) is 20.7. The third-order valence-corrected chi connectivity index (χ3v) is 7.82. The molecule has 10 heteroatoms. The molecule has 2 aliphatic rings. The van der Waals surface area contributed by atoms with Gasteiger partial charge in [0.25, 0.3) is 17.5 Å². The van der Waals surface area contributed by atoms with Crippen LogP contribution in [0, 0.1) is 40.0 Å². The van der Waals surface area contributed by atoms with Crippen LogP contribution in [0.15, 0.2) is 54.7 Å². The molecule has 3 aromatic rings. The van der Waals surface area contributed by atoms with Gasteiger partial charge in [0.2, 0.25) is 0 Å². The summed E-state index contributed by atoms with van der Waals surface area (Å²) >= 11 is 0. The van der Waals surface area contributed by atoms with Crippen LogP contribution in [0.25, 0.3) is 11.1 Å². The van der Waals surface area contributed by atoms with Crippen LogP contribution in [0.5, 0.6) is 0 Å². The summed E-state index contributed by atoms with van der Waals surface area (Å²) in [5.41, 5.74) is 1.12. The molecule has 1 saturated carbocycles. The highest BCUT2D eigenvalue weighted by Crippen LogP contribution is 2.48. The molecule has 5 rings (SSSR count). The van der Waals surface area contributed by atoms with Crippen molar-refractivity contribution in [2.45, 2.75) is 26.2 Å². The van der Waals surface area contributed by atoms with E-state index in [0.29, 0.717) is 36.3 Å². The molecule has 196 valence electrons. The number of benzene rings is 2. The number of hydrogen-bond donors (Lipinski definition) is 1. The van der Waals surface area contributed by atoms with Crippen LogP contribution in [0.1, 0.15) is 45.7 Å². The first kappa shape index (κ1) is 25.4. The van der Waals surface area contributed by atoms with Gasteiger partial charge in [0, 0.05) is 30.6 Å². The highest BCUT2D eigenvalue weighted by molar-refractivity contribution is 5.95. The Bertz CT molecular complexity index is 1430. The first-order chi connectivity index (χ1) is 18.2. The van der Waals surface area contributed by atoms with E-state index in [0.717, 1.165) is 25.5 Å². The molecule has 1 saturated heterocycles. The standard InChI is InChI=1S/C28H26F2N4O4/c1-17-11-24(31-13-25(17)34(37)38)26(35)32-15-28-10-2-3-20(28)14-33(16-28)27(36)22-9-6-19(12-23(22)30)18-4-7-21(29)8-5-18/h4-9,11-13,20H,2-3,10,14-16H2,1H3,(H,32,35)/t20-,28+/m0/s1. The van der Waals surface area contributed by atoms with E-state index >= 15 is 4.39 Å². The lowest BCUT2D eigenvalue weighted by Crippen LogP contribution is -2.41. The summed E-state index contributed by atoms with van der Waals surface area (Å²) < 4.78 is 28.3. The molecule has 38 heavy (non-hydrogen) atoms. The van der Waals surface area contributed by atoms with E-state index in [2.05, 4.69) is 10.3 Å². The van der Waals surface area contributed by atoms with Crippen molar-refractivity contribution in [3.8, 4) is 11.1 Å². The lowest BCUT2D eigenvalue weighted by Gasteiger charge is -2.29. The number of aromatic nitrogens is 1. The third-order valence-electron chi connectivity index (χ3n) is 7.82. The Balaban J connectivity index is 1.28. The van der Waals surface area contributed by atoms with Crippen LogP contribution >= 0.6 is 0 Å². The number of likely N-dealkylation sites (tertiary alicyclic amines) is 1. The van der Waals surface area contributed by atoms with Gasteiger partial charge in [0.1, 0.15) is 23.5 Å². The number of nitrogens with zero attached hydrogens (tertiary/aromatic N) is 3. The zero-order valence-electron chi connectivity index (χ0n) is 20.7. The van der Waals surface area contributed by atoms with Gasteiger partial charge in [-0.25, -0.2) is 13.8 Å². The van der Waals surface area contributed by atoms with Gasteiger partial charge in [-0.15, -0.1) is 0 Å². The van der Waals surface area contributed by atoms with Crippen molar-refractivity contribution >= 4 is 17.5 Å². The Morgan fingerprint density at radius 1 is 1.16 bits per heavy atom. The van der Waals surface area contributed by atoms with Gasteiger partial charge >= 0.3 is 0 Å². The molecule has 1 aliphatic heterocycles.